The number of nitrogens with two attached hydrogens (primary N) is 1. The highest BCUT2D eigenvalue weighted by Crippen LogP contribution is 2.22. The molecule has 3 aromatic rings. The van der Waals surface area contributed by atoms with Crippen molar-refractivity contribution in [3.63, 3.8) is 0 Å². The summed E-state index contributed by atoms with van der Waals surface area (Å²) in [4.78, 5) is 11.3. The highest BCUT2D eigenvalue weighted by atomic mass is 16.5. The smallest absolute Gasteiger partial charge is 0.266 e. The maximum Gasteiger partial charge on any atom is 0.266 e. The largest absolute Gasteiger partial charge is 0.457 e. The van der Waals surface area contributed by atoms with Gasteiger partial charge in [-0.3, -0.25) is 9.48 Å². The van der Waals surface area contributed by atoms with Crippen LogP contribution in [0, 0.1) is 6.92 Å². The maximum atomic E-state index is 11.3. The second-order valence-electron chi connectivity index (χ2n) is 5.30. The fourth-order valence-corrected chi connectivity index (χ4v) is 2.25. The summed E-state index contributed by atoms with van der Waals surface area (Å²) in [6.45, 7) is 2.52. The number of nitrogens with zero attached hydrogens (tertiary/aromatic N) is 2. The Kier molecular flexibility index (Phi) is 4.10. The minimum atomic E-state index is -0.484. The average molecular weight is 307 g/mol. The molecule has 0 unspecified atom stereocenters. The van der Waals surface area contributed by atoms with Crippen LogP contribution in [0.3, 0.4) is 0 Å². The predicted octanol–water partition coefficient (Wildman–Crippen LogP) is 3.13. The standard InChI is InChI=1S/C18H17N3O2/c1-13-2-6-15(7-3-13)23-16-8-4-14(5-9-16)12-21-17(18(19)22)10-11-20-21/h2-11H,12H2,1H3,(H2,19,22). The molecule has 1 heterocycles. The van der Waals surface area contributed by atoms with Gasteiger partial charge in [-0.2, -0.15) is 5.10 Å². The number of carbonyl (C=O) groups is 1. The molecule has 5 nitrogen and oxygen atoms in total. The van der Waals surface area contributed by atoms with E-state index in [1.54, 1.807) is 16.9 Å². The van der Waals surface area contributed by atoms with Gasteiger partial charge in [0.1, 0.15) is 17.2 Å². The number of benzene rings is 2. The topological polar surface area (TPSA) is 70.1 Å². The number of carbonyl (C=O) groups excluding carboxylic acids is 1. The van der Waals surface area contributed by atoms with Gasteiger partial charge >= 0.3 is 0 Å². The second kappa shape index (κ2) is 6.36. The lowest BCUT2D eigenvalue weighted by Crippen LogP contribution is -2.18. The molecule has 23 heavy (non-hydrogen) atoms. The quantitative estimate of drug-likeness (QED) is 0.787. The first-order valence-corrected chi connectivity index (χ1v) is 7.27. The summed E-state index contributed by atoms with van der Waals surface area (Å²) in [6, 6.07) is 17.2. The summed E-state index contributed by atoms with van der Waals surface area (Å²) in [5, 5.41) is 4.12. The normalized spacial score (nSPS) is 10.5. The van der Waals surface area contributed by atoms with Crippen LogP contribution in [0.2, 0.25) is 0 Å². The van der Waals surface area contributed by atoms with Crippen molar-refractivity contribution in [2.24, 2.45) is 5.73 Å². The Morgan fingerprint density at radius 3 is 2.26 bits per heavy atom. The summed E-state index contributed by atoms with van der Waals surface area (Å²) in [7, 11) is 0. The summed E-state index contributed by atoms with van der Waals surface area (Å²) >= 11 is 0. The van der Waals surface area contributed by atoms with Crippen LogP contribution in [-0.2, 0) is 6.54 Å². The molecule has 3 rings (SSSR count). The number of ether oxygens (including phenoxy) is 1. The first kappa shape index (κ1) is 14.8. The monoisotopic (exact) mass is 307 g/mol. The maximum absolute atomic E-state index is 11.3. The van der Waals surface area contributed by atoms with Crippen LogP contribution >= 0.6 is 0 Å². The molecular weight excluding hydrogens is 290 g/mol. The van der Waals surface area contributed by atoms with Gasteiger partial charge in [0.05, 0.1) is 6.54 Å². The lowest BCUT2D eigenvalue weighted by atomic mass is 10.2. The lowest BCUT2D eigenvalue weighted by Gasteiger charge is -2.08. The van der Waals surface area contributed by atoms with Crippen molar-refractivity contribution >= 4 is 5.91 Å². The van der Waals surface area contributed by atoms with Crippen LogP contribution in [0.15, 0.2) is 60.8 Å². The Labute approximate surface area is 134 Å². The molecule has 0 radical (unpaired) electrons. The summed E-state index contributed by atoms with van der Waals surface area (Å²) in [5.74, 6) is 1.07. The Bertz CT molecular complexity index is 805. The van der Waals surface area contributed by atoms with Crippen molar-refractivity contribution in [1.82, 2.24) is 9.78 Å². The van der Waals surface area contributed by atoms with Gasteiger partial charge in [-0.1, -0.05) is 29.8 Å². The number of rotatable bonds is 5. The number of aromatic nitrogens is 2. The Morgan fingerprint density at radius 2 is 1.65 bits per heavy atom. The van der Waals surface area contributed by atoms with Crippen LogP contribution in [0.5, 0.6) is 11.5 Å². The molecule has 0 bridgehead atoms. The van der Waals surface area contributed by atoms with Crippen LogP contribution in [0.4, 0.5) is 0 Å². The Hall–Kier alpha value is -3.08. The van der Waals surface area contributed by atoms with Crippen molar-refractivity contribution in [1.29, 1.82) is 0 Å². The van der Waals surface area contributed by atoms with E-state index in [0.29, 0.717) is 12.2 Å². The van der Waals surface area contributed by atoms with Crippen LogP contribution in [-0.4, -0.2) is 15.7 Å². The first-order valence-electron chi connectivity index (χ1n) is 7.27. The van der Waals surface area contributed by atoms with Gasteiger partial charge in [-0.15, -0.1) is 0 Å². The van der Waals surface area contributed by atoms with E-state index in [4.69, 9.17) is 10.5 Å². The molecule has 0 fully saturated rings. The minimum Gasteiger partial charge on any atom is -0.457 e. The average Bonchev–Trinajstić information content (AvgIpc) is 3.00. The molecule has 0 aliphatic heterocycles. The molecule has 1 aromatic heterocycles. The lowest BCUT2D eigenvalue weighted by molar-refractivity contribution is 0.0990. The van der Waals surface area contributed by atoms with Crippen LogP contribution in [0.25, 0.3) is 0 Å². The molecular formula is C18H17N3O2. The zero-order chi connectivity index (χ0) is 16.2. The zero-order valence-corrected chi connectivity index (χ0v) is 12.8. The van der Waals surface area contributed by atoms with Crippen molar-refractivity contribution in [2.75, 3.05) is 0 Å². The molecule has 0 aliphatic carbocycles. The van der Waals surface area contributed by atoms with E-state index in [9.17, 15) is 4.79 Å². The van der Waals surface area contributed by atoms with Crippen molar-refractivity contribution in [3.05, 3.63) is 77.6 Å². The molecule has 0 atom stereocenters. The van der Waals surface area contributed by atoms with Gasteiger partial charge in [0.25, 0.3) is 5.91 Å². The molecule has 0 spiro atoms. The fraction of sp³-hybridized carbons (Fsp3) is 0.111. The molecule has 2 aromatic carbocycles. The Balaban J connectivity index is 1.70. The molecule has 1 amide bonds. The number of amides is 1. The van der Waals surface area contributed by atoms with Crippen molar-refractivity contribution in [2.45, 2.75) is 13.5 Å². The van der Waals surface area contributed by atoms with Crippen molar-refractivity contribution < 1.29 is 9.53 Å². The summed E-state index contributed by atoms with van der Waals surface area (Å²) in [5.41, 5.74) is 7.91. The molecule has 2 N–H and O–H groups in total. The zero-order valence-electron chi connectivity index (χ0n) is 12.8. The molecule has 5 heteroatoms. The SMILES string of the molecule is Cc1ccc(Oc2ccc(Cn3nccc3C(N)=O)cc2)cc1. The van der Waals surface area contributed by atoms with Crippen LogP contribution < -0.4 is 10.5 Å². The molecule has 0 saturated carbocycles. The third kappa shape index (κ3) is 3.58. The molecule has 116 valence electrons. The van der Waals surface area contributed by atoms with E-state index >= 15 is 0 Å². The van der Waals surface area contributed by atoms with Gasteiger partial charge < -0.3 is 10.5 Å². The van der Waals surface area contributed by atoms with E-state index in [2.05, 4.69) is 5.10 Å². The summed E-state index contributed by atoms with van der Waals surface area (Å²) in [6.07, 6.45) is 1.56. The Morgan fingerprint density at radius 1 is 1.04 bits per heavy atom. The minimum absolute atomic E-state index is 0.394. The van der Waals surface area contributed by atoms with Gasteiger partial charge in [0.15, 0.2) is 0 Å². The predicted molar refractivity (Wildman–Crippen MR) is 87.5 cm³/mol. The van der Waals surface area contributed by atoms with Gasteiger partial charge in [0, 0.05) is 6.20 Å². The van der Waals surface area contributed by atoms with E-state index in [-0.39, 0.29) is 0 Å². The summed E-state index contributed by atoms with van der Waals surface area (Å²) < 4.78 is 7.37. The first-order chi connectivity index (χ1) is 11.1. The molecule has 0 saturated heterocycles. The van der Waals surface area contributed by atoms with Gasteiger partial charge in [0.2, 0.25) is 0 Å². The highest BCUT2D eigenvalue weighted by molar-refractivity contribution is 5.90. The third-order valence-corrected chi connectivity index (χ3v) is 3.48. The number of aryl methyl sites for hydroxylation is 1. The van der Waals surface area contributed by atoms with Gasteiger partial charge in [-0.05, 0) is 42.8 Å². The third-order valence-electron chi connectivity index (χ3n) is 3.48. The second-order valence-corrected chi connectivity index (χ2v) is 5.30. The van der Waals surface area contributed by atoms with Gasteiger partial charge in [-0.25, -0.2) is 0 Å². The van der Waals surface area contributed by atoms with Crippen LogP contribution in [0.1, 0.15) is 21.6 Å². The van der Waals surface area contributed by atoms with E-state index in [1.165, 1.54) is 5.56 Å². The highest BCUT2D eigenvalue weighted by Gasteiger charge is 2.08. The van der Waals surface area contributed by atoms with E-state index in [1.807, 2.05) is 55.5 Å². The number of hydrogen-bond donors (Lipinski definition) is 1. The fourth-order valence-electron chi connectivity index (χ4n) is 2.25. The number of hydrogen-bond acceptors (Lipinski definition) is 3. The van der Waals surface area contributed by atoms with E-state index < -0.39 is 5.91 Å². The molecule has 0 aliphatic rings. The number of primary amides is 1. The van der Waals surface area contributed by atoms with Crippen molar-refractivity contribution in [3.8, 4) is 11.5 Å². The van der Waals surface area contributed by atoms with E-state index in [0.717, 1.165) is 17.1 Å².